The standard InChI is InChI=1S/C14H17ClN2O/c1-2-3-4-5-10-13-16-14(17-18-13)11-8-6-7-9-12(11)15/h6-9H,2-5,10H2,1H3. The third kappa shape index (κ3) is 3.33. The Hall–Kier alpha value is -1.35. The molecule has 96 valence electrons. The van der Waals surface area contributed by atoms with Gasteiger partial charge in [0.15, 0.2) is 0 Å². The molecule has 0 fully saturated rings. The second-order valence-corrected chi connectivity index (χ2v) is 4.71. The third-order valence-corrected chi connectivity index (χ3v) is 3.16. The van der Waals surface area contributed by atoms with Crippen LogP contribution in [0.2, 0.25) is 5.02 Å². The van der Waals surface area contributed by atoms with E-state index in [1.807, 2.05) is 24.3 Å². The SMILES string of the molecule is CCCCCCc1nc(-c2ccccc2Cl)no1. The summed E-state index contributed by atoms with van der Waals surface area (Å²) in [5, 5.41) is 4.62. The first-order valence-electron chi connectivity index (χ1n) is 6.38. The quantitative estimate of drug-likeness (QED) is 0.721. The largest absolute Gasteiger partial charge is 0.339 e. The van der Waals surface area contributed by atoms with Crippen LogP contribution < -0.4 is 0 Å². The normalized spacial score (nSPS) is 10.8. The van der Waals surface area contributed by atoms with Crippen LogP contribution in [0.4, 0.5) is 0 Å². The molecule has 0 N–H and O–H groups in total. The number of aromatic nitrogens is 2. The van der Waals surface area contributed by atoms with Gasteiger partial charge in [0.1, 0.15) is 0 Å². The maximum atomic E-state index is 6.09. The summed E-state index contributed by atoms with van der Waals surface area (Å²) in [6.07, 6.45) is 5.63. The molecule has 0 atom stereocenters. The van der Waals surface area contributed by atoms with Crippen LogP contribution >= 0.6 is 11.6 Å². The van der Waals surface area contributed by atoms with Crippen molar-refractivity contribution in [2.45, 2.75) is 39.0 Å². The number of hydrogen-bond donors (Lipinski definition) is 0. The average Bonchev–Trinajstić information content (AvgIpc) is 2.84. The lowest BCUT2D eigenvalue weighted by Gasteiger charge is -1.96. The van der Waals surface area contributed by atoms with Gasteiger partial charge in [0.2, 0.25) is 11.7 Å². The van der Waals surface area contributed by atoms with E-state index < -0.39 is 0 Å². The van der Waals surface area contributed by atoms with Crippen LogP contribution in [-0.2, 0) is 6.42 Å². The van der Waals surface area contributed by atoms with Crippen molar-refractivity contribution in [2.75, 3.05) is 0 Å². The lowest BCUT2D eigenvalue weighted by atomic mass is 10.1. The van der Waals surface area contributed by atoms with Crippen LogP contribution in [0.1, 0.15) is 38.5 Å². The predicted molar refractivity (Wildman–Crippen MR) is 72.6 cm³/mol. The van der Waals surface area contributed by atoms with Gasteiger partial charge in [-0.1, -0.05) is 55.1 Å². The van der Waals surface area contributed by atoms with E-state index in [4.69, 9.17) is 16.1 Å². The summed E-state index contributed by atoms with van der Waals surface area (Å²) in [6.45, 7) is 2.20. The van der Waals surface area contributed by atoms with E-state index in [-0.39, 0.29) is 0 Å². The minimum atomic E-state index is 0.575. The maximum absolute atomic E-state index is 6.09. The summed E-state index contributed by atoms with van der Waals surface area (Å²) in [5.41, 5.74) is 0.822. The van der Waals surface area contributed by atoms with Crippen LogP contribution in [0, 0.1) is 0 Å². The number of halogens is 1. The van der Waals surface area contributed by atoms with Crippen LogP contribution in [0.5, 0.6) is 0 Å². The number of hydrogen-bond acceptors (Lipinski definition) is 3. The number of rotatable bonds is 6. The Morgan fingerprint density at radius 3 is 2.78 bits per heavy atom. The number of aryl methyl sites for hydroxylation is 1. The van der Waals surface area contributed by atoms with Gasteiger partial charge in [0.05, 0.1) is 5.02 Å². The topological polar surface area (TPSA) is 38.9 Å². The molecular formula is C14H17ClN2O. The van der Waals surface area contributed by atoms with E-state index in [0.717, 1.165) is 18.4 Å². The highest BCUT2D eigenvalue weighted by Gasteiger charge is 2.10. The molecule has 0 aliphatic rings. The minimum Gasteiger partial charge on any atom is -0.339 e. The molecule has 0 aliphatic heterocycles. The molecule has 1 aromatic heterocycles. The molecule has 0 bridgehead atoms. The predicted octanol–water partition coefficient (Wildman–Crippen LogP) is 4.51. The van der Waals surface area contributed by atoms with Crippen molar-refractivity contribution in [2.24, 2.45) is 0 Å². The number of unbranched alkanes of at least 4 members (excludes halogenated alkanes) is 3. The lowest BCUT2D eigenvalue weighted by Crippen LogP contribution is -1.87. The van der Waals surface area contributed by atoms with Crippen molar-refractivity contribution in [3.05, 3.63) is 35.2 Å². The molecule has 0 radical (unpaired) electrons. The molecule has 0 spiro atoms. The van der Waals surface area contributed by atoms with Crippen molar-refractivity contribution >= 4 is 11.6 Å². The minimum absolute atomic E-state index is 0.575. The molecule has 4 heteroatoms. The molecule has 0 amide bonds. The molecular weight excluding hydrogens is 248 g/mol. The summed E-state index contributed by atoms with van der Waals surface area (Å²) in [4.78, 5) is 4.38. The lowest BCUT2D eigenvalue weighted by molar-refractivity contribution is 0.374. The van der Waals surface area contributed by atoms with Gasteiger partial charge in [-0.05, 0) is 18.6 Å². The third-order valence-electron chi connectivity index (χ3n) is 2.83. The van der Waals surface area contributed by atoms with E-state index in [2.05, 4.69) is 17.1 Å². The highest BCUT2D eigenvalue weighted by molar-refractivity contribution is 6.33. The molecule has 0 saturated carbocycles. The molecule has 2 rings (SSSR count). The molecule has 3 nitrogen and oxygen atoms in total. The van der Waals surface area contributed by atoms with Gasteiger partial charge in [-0.25, -0.2) is 0 Å². The van der Waals surface area contributed by atoms with Crippen molar-refractivity contribution in [1.29, 1.82) is 0 Å². The van der Waals surface area contributed by atoms with E-state index in [9.17, 15) is 0 Å². The maximum Gasteiger partial charge on any atom is 0.226 e. The van der Waals surface area contributed by atoms with E-state index >= 15 is 0 Å². The fourth-order valence-corrected chi connectivity index (χ4v) is 2.03. The summed E-state index contributed by atoms with van der Waals surface area (Å²) in [7, 11) is 0. The Balaban J connectivity index is 2.00. The Morgan fingerprint density at radius 1 is 1.17 bits per heavy atom. The van der Waals surface area contributed by atoms with Crippen molar-refractivity contribution in [3.63, 3.8) is 0 Å². The van der Waals surface area contributed by atoms with Crippen LogP contribution in [0.25, 0.3) is 11.4 Å². The van der Waals surface area contributed by atoms with E-state index in [1.165, 1.54) is 19.3 Å². The van der Waals surface area contributed by atoms with Gasteiger partial charge in [0, 0.05) is 12.0 Å². The smallest absolute Gasteiger partial charge is 0.226 e. The second-order valence-electron chi connectivity index (χ2n) is 4.30. The fourth-order valence-electron chi connectivity index (χ4n) is 1.81. The van der Waals surface area contributed by atoms with E-state index in [1.54, 1.807) is 0 Å². The van der Waals surface area contributed by atoms with Crippen molar-refractivity contribution < 1.29 is 4.52 Å². The zero-order valence-electron chi connectivity index (χ0n) is 10.5. The van der Waals surface area contributed by atoms with Crippen molar-refractivity contribution in [3.8, 4) is 11.4 Å². The Labute approximate surface area is 112 Å². The van der Waals surface area contributed by atoms with Crippen LogP contribution in [0.3, 0.4) is 0 Å². The summed E-state index contributed by atoms with van der Waals surface area (Å²) in [6, 6.07) is 7.53. The number of nitrogens with zero attached hydrogens (tertiary/aromatic N) is 2. The zero-order chi connectivity index (χ0) is 12.8. The van der Waals surface area contributed by atoms with Gasteiger partial charge in [-0.3, -0.25) is 0 Å². The number of benzene rings is 1. The highest BCUT2D eigenvalue weighted by Crippen LogP contribution is 2.25. The Bertz CT molecular complexity index is 496. The van der Waals surface area contributed by atoms with Gasteiger partial charge in [-0.2, -0.15) is 4.98 Å². The molecule has 18 heavy (non-hydrogen) atoms. The molecule has 1 heterocycles. The Morgan fingerprint density at radius 2 is 2.00 bits per heavy atom. The second kappa shape index (κ2) is 6.55. The van der Waals surface area contributed by atoms with Crippen LogP contribution in [-0.4, -0.2) is 10.1 Å². The summed E-state index contributed by atoms with van der Waals surface area (Å²) < 4.78 is 5.23. The summed E-state index contributed by atoms with van der Waals surface area (Å²) in [5.74, 6) is 1.27. The summed E-state index contributed by atoms with van der Waals surface area (Å²) >= 11 is 6.09. The molecule has 1 aromatic carbocycles. The van der Waals surface area contributed by atoms with E-state index in [0.29, 0.717) is 16.7 Å². The fraction of sp³-hybridized carbons (Fsp3) is 0.429. The molecule has 0 saturated heterocycles. The molecule has 0 aliphatic carbocycles. The van der Waals surface area contributed by atoms with Gasteiger partial charge in [0.25, 0.3) is 0 Å². The molecule has 2 aromatic rings. The monoisotopic (exact) mass is 264 g/mol. The van der Waals surface area contributed by atoms with Gasteiger partial charge in [-0.15, -0.1) is 0 Å². The highest BCUT2D eigenvalue weighted by atomic mass is 35.5. The van der Waals surface area contributed by atoms with Crippen LogP contribution in [0.15, 0.2) is 28.8 Å². The first-order chi connectivity index (χ1) is 8.81. The van der Waals surface area contributed by atoms with Gasteiger partial charge < -0.3 is 4.52 Å². The zero-order valence-corrected chi connectivity index (χ0v) is 11.3. The average molecular weight is 265 g/mol. The van der Waals surface area contributed by atoms with Crippen molar-refractivity contribution in [1.82, 2.24) is 10.1 Å². The first-order valence-corrected chi connectivity index (χ1v) is 6.76. The molecule has 0 unspecified atom stereocenters. The Kier molecular flexibility index (Phi) is 4.76. The van der Waals surface area contributed by atoms with Gasteiger partial charge >= 0.3 is 0 Å². The first kappa shape index (κ1) is 13.1.